The number of hydrogen-bond donors (Lipinski definition) is 2. The third-order valence-corrected chi connectivity index (χ3v) is 3.60. The fourth-order valence-electron chi connectivity index (χ4n) is 2.45. The van der Waals surface area contributed by atoms with E-state index in [1.807, 2.05) is 30.3 Å². The first-order valence-corrected chi connectivity index (χ1v) is 7.09. The number of H-pyrrole nitrogens is 1. The van der Waals surface area contributed by atoms with E-state index in [1.54, 1.807) is 10.9 Å². The molecular formula is C16H17N3O2. The van der Waals surface area contributed by atoms with Gasteiger partial charge in [-0.25, -0.2) is 4.68 Å². The standard InChI is InChI=1S/C16H17N3O2/c1-2-3-9-12-14(20)13-10-17-19(15(13)18-16(12)21)11-7-5-4-6-8-11/h4-8,10H,2-3,9H2,1H3,(H2,18,20,21). The number of nitrogens with one attached hydrogen (secondary N) is 1. The van der Waals surface area contributed by atoms with Crippen molar-refractivity contribution in [3.05, 3.63) is 52.4 Å². The number of pyridine rings is 1. The van der Waals surface area contributed by atoms with Crippen molar-refractivity contribution in [3.63, 3.8) is 0 Å². The van der Waals surface area contributed by atoms with Gasteiger partial charge in [-0.3, -0.25) is 4.79 Å². The van der Waals surface area contributed by atoms with Crippen LogP contribution in [0.2, 0.25) is 0 Å². The van der Waals surface area contributed by atoms with E-state index in [2.05, 4.69) is 17.0 Å². The largest absolute Gasteiger partial charge is 0.507 e. The fraction of sp³-hybridized carbons (Fsp3) is 0.250. The Morgan fingerprint density at radius 3 is 2.76 bits per heavy atom. The van der Waals surface area contributed by atoms with Gasteiger partial charge in [-0.15, -0.1) is 0 Å². The third kappa shape index (κ3) is 2.31. The number of para-hydroxylation sites is 1. The molecule has 0 aliphatic rings. The predicted molar refractivity (Wildman–Crippen MR) is 82.0 cm³/mol. The molecule has 108 valence electrons. The van der Waals surface area contributed by atoms with Gasteiger partial charge in [0, 0.05) is 0 Å². The average Bonchev–Trinajstić information content (AvgIpc) is 2.92. The maximum absolute atomic E-state index is 12.2. The van der Waals surface area contributed by atoms with Gasteiger partial charge in [0.05, 0.1) is 22.8 Å². The number of unbranched alkanes of at least 4 members (excludes halogenated alkanes) is 1. The maximum Gasteiger partial charge on any atom is 0.256 e. The molecular weight excluding hydrogens is 266 g/mol. The van der Waals surface area contributed by atoms with Crippen molar-refractivity contribution in [1.29, 1.82) is 0 Å². The van der Waals surface area contributed by atoms with E-state index in [0.29, 0.717) is 23.0 Å². The molecule has 0 saturated carbocycles. The number of aromatic amines is 1. The normalized spacial score (nSPS) is 11.1. The Labute approximate surface area is 121 Å². The van der Waals surface area contributed by atoms with Crippen molar-refractivity contribution in [2.24, 2.45) is 0 Å². The number of hydrogen-bond acceptors (Lipinski definition) is 3. The number of aromatic hydroxyl groups is 1. The zero-order valence-corrected chi connectivity index (χ0v) is 11.8. The molecule has 21 heavy (non-hydrogen) atoms. The summed E-state index contributed by atoms with van der Waals surface area (Å²) in [7, 11) is 0. The SMILES string of the molecule is CCCCc1c(O)c2cnn(-c3ccccc3)c2[nH]c1=O. The minimum Gasteiger partial charge on any atom is -0.507 e. The molecule has 5 heteroatoms. The second kappa shape index (κ2) is 5.44. The molecule has 2 aromatic heterocycles. The van der Waals surface area contributed by atoms with Crippen LogP contribution in [0.25, 0.3) is 16.7 Å². The lowest BCUT2D eigenvalue weighted by atomic mass is 10.1. The monoisotopic (exact) mass is 283 g/mol. The van der Waals surface area contributed by atoms with Crippen LogP contribution in [0.4, 0.5) is 0 Å². The number of nitrogens with zero attached hydrogens (tertiary/aromatic N) is 2. The summed E-state index contributed by atoms with van der Waals surface area (Å²) in [6.45, 7) is 2.05. The highest BCUT2D eigenvalue weighted by molar-refractivity contribution is 5.83. The van der Waals surface area contributed by atoms with Gasteiger partial charge in [0.2, 0.25) is 0 Å². The van der Waals surface area contributed by atoms with Crippen LogP contribution in [0.1, 0.15) is 25.3 Å². The quantitative estimate of drug-likeness (QED) is 0.773. The van der Waals surface area contributed by atoms with Crippen molar-refractivity contribution in [1.82, 2.24) is 14.8 Å². The Balaban J connectivity index is 2.18. The lowest BCUT2D eigenvalue weighted by Crippen LogP contribution is -2.14. The Kier molecular flexibility index (Phi) is 3.48. The summed E-state index contributed by atoms with van der Waals surface area (Å²) in [5.74, 6) is 0.0457. The molecule has 0 bridgehead atoms. The van der Waals surface area contributed by atoms with Crippen LogP contribution in [0, 0.1) is 0 Å². The van der Waals surface area contributed by atoms with Crippen LogP contribution in [-0.2, 0) is 6.42 Å². The Morgan fingerprint density at radius 2 is 2.05 bits per heavy atom. The van der Waals surface area contributed by atoms with Gasteiger partial charge in [-0.2, -0.15) is 5.10 Å². The molecule has 3 rings (SSSR count). The van der Waals surface area contributed by atoms with Gasteiger partial charge in [-0.05, 0) is 25.0 Å². The van der Waals surface area contributed by atoms with Gasteiger partial charge in [-0.1, -0.05) is 31.5 Å². The number of rotatable bonds is 4. The van der Waals surface area contributed by atoms with Gasteiger partial charge in [0.15, 0.2) is 0 Å². The molecule has 1 aromatic carbocycles. The van der Waals surface area contributed by atoms with Crippen molar-refractivity contribution in [3.8, 4) is 11.4 Å². The Bertz CT molecular complexity index is 819. The summed E-state index contributed by atoms with van der Waals surface area (Å²) in [4.78, 5) is 15.0. The topological polar surface area (TPSA) is 70.9 Å². The van der Waals surface area contributed by atoms with Crippen molar-refractivity contribution in [2.75, 3.05) is 0 Å². The molecule has 0 amide bonds. The lowest BCUT2D eigenvalue weighted by molar-refractivity contribution is 0.471. The van der Waals surface area contributed by atoms with Gasteiger partial charge in [0.1, 0.15) is 11.4 Å². The van der Waals surface area contributed by atoms with Crippen LogP contribution in [0.15, 0.2) is 41.3 Å². The second-order valence-corrected chi connectivity index (χ2v) is 5.04. The molecule has 0 fully saturated rings. The third-order valence-electron chi connectivity index (χ3n) is 3.60. The molecule has 0 radical (unpaired) electrons. The van der Waals surface area contributed by atoms with E-state index in [4.69, 9.17) is 0 Å². The highest BCUT2D eigenvalue weighted by Crippen LogP contribution is 2.26. The lowest BCUT2D eigenvalue weighted by Gasteiger charge is -2.06. The molecule has 3 aromatic rings. The van der Waals surface area contributed by atoms with Gasteiger partial charge >= 0.3 is 0 Å². The molecule has 2 heterocycles. The highest BCUT2D eigenvalue weighted by Gasteiger charge is 2.15. The van der Waals surface area contributed by atoms with Crippen LogP contribution < -0.4 is 5.56 Å². The molecule has 0 saturated heterocycles. The smallest absolute Gasteiger partial charge is 0.256 e. The van der Waals surface area contributed by atoms with Gasteiger partial charge < -0.3 is 10.1 Å². The second-order valence-electron chi connectivity index (χ2n) is 5.04. The minimum absolute atomic E-state index is 0.0457. The van der Waals surface area contributed by atoms with Crippen LogP contribution in [0.3, 0.4) is 0 Å². The summed E-state index contributed by atoms with van der Waals surface area (Å²) >= 11 is 0. The number of fused-ring (bicyclic) bond motifs is 1. The zero-order chi connectivity index (χ0) is 14.8. The molecule has 2 N–H and O–H groups in total. The van der Waals surface area contributed by atoms with E-state index in [9.17, 15) is 9.90 Å². The molecule has 0 unspecified atom stereocenters. The molecule has 5 nitrogen and oxygen atoms in total. The number of aromatic nitrogens is 3. The summed E-state index contributed by atoms with van der Waals surface area (Å²) in [5, 5.41) is 15.2. The van der Waals surface area contributed by atoms with Crippen LogP contribution in [0.5, 0.6) is 5.75 Å². The van der Waals surface area contributed by atoms with E-state index in [-0.39, 0.29) is 11.3 Å². The van der Waals surface area contributed by atoms with Crippen molar-refractivity contribution in [2.45, 2.75) is 26.2 Å². The van der Waals surface area contributed by atoms with E-state index in [1.165, 1.54) is 0 Å². The Hall–Kier alpha value is -2.56. The maximum atomic E-state index is 12.2. The van der Waals surface area contributed by atoms with Crippen molar-refractivity contribution >= 4 is 11.0 Å². The van der Waals surface area contributed by atoms with E-state index in [0.717, 1.165) is 18.5 Å². The first-order chi connectivity index (χ1) is 10.2. The first-order valence-electron chi connectivity index (χ1n) is 7.09. The van der Waals surface area contributed by atoms with E-state index >= 15 is 0 Å². The molecule has 0 aliphatic carbocycles. The van der Waals surface area contributed by atoms with Crippen molar-refractivity contribution < 1.29 is 5.11 Å². The summed E-state index contributed by atoms with van der Waals surface area (Å²) in [6.07, 6.45) is 4.00. The fourth-order valence-corrected chi connectivity index (χ4v) is 2.45. The summed E-state index contributed by atoms with van der Waals surface area (Å²) < 4.78 is 1.63. The van der Waals surface area contributed by atoms with E-state index < -0.39 is 0 Å². The summed E-state index contributed by atoms with van der Waals surface area (Å²) in [6, 6.07) is 9.50. The van der Waals surface area contributed by atoms with Crippen LogP contribution in [-0.4, -0.2) is 19.9 Å². The number of benzene rings is 1. The molecule has 0 aliphatic heterocycles. The highest BCUT2D eigenvalue weighted by atomic mass is 16.3. The minimum atomic E-state index is -0.244. The average molecular weight is 283 g/mol. The predicted octanol–water partition coefficient (Wildman–Crippen LogP) is 2.76. The Morgan fingerprint density at radius 1 is 1.29 bits per heavy atom. The molecule has 0 spiro atoms. The molecule has 0 atom stereocenters. The first kappa shape index (κ1) is 13.4. The van der Waals surface area contributed by atoms with Gasteiger partial charge in [0.25, 0.3) is 5.56 Å². The zero-order valence-electron chi connectivity index (χ0n) is 11.8. The van der Waals surface area contributed by atoms with Crippen LogP contribution >= 0.6 is 0 Å². The summed E-state index contributed by atoms with van der Waals surface area (Å²) in [5.41, 5.74) is 1.55.